The van der Waals surface area contributed by atoms with E-state index in [4.69, 9.17) is 11.6 Å². The van der Waals surface area contributed by atoms with E-state index in [0.717, 1.165) is 12.1 Å². The van der Waals surface area contributed by atoms with Crippen molar-refractivity contribution in [2.45, 2.75) is 25.2 Å². The van der Waals surface area contributed by atoms with Gasteiger partial charge in [0.15, 0.2) is 0 Å². The number of rotatable bonds is 4. The summed E-state index contributed by atoms with van der Waals surface area (Å²) in [5, 5.41) is 9.76. The Morgan fingerprint density at radius 1 is 1.50 bits per heavy atom. The first-order valence-corrected chi connectivity index (χ1v) is 6.98. The van der Waals surface area contributed by atoms with Crippen molar-refractivity contribution in [2.75, 3.05) is 5.88 Å². The molecule has 2 heterocycles. The van der Waals surface area contributed by atoms with Gasteiger partial charge in [0, 0.05) is 23.1 Å². The zero-order valence-electron chi connectivity index (χ0n) is 8.87. The standard InChI is InChI=1S/C12H13ClN2S/c13-6-5-9-11(8-3-4-8)14-15-12(9)10-2-1-7-16-10/h1-2,7-8H,3-6H2,(H,14,15). The van der Waals surface area contributed by atoms with Crippen LogP contribution in [0.1, 0.15) is 30.0 Å². The van der Waals surface area contributed by atoms with E-state index in [1.54, 1.807) is 11.3 Å². The molecule has 0 aromatic carbocycles. The smallest absolute Gasteiger partial charge is 0.106 e. The molecule has 1 N–H and O–H groups in total. The lowest BCUT2D eigenvalue weighted by Gasteiger charge is -2.01. The van der Waals surface area contributed by atoms with Gasteiger partial charge in [0.2, 0.25) is 0 Å². The van der Waals surface area contributed by atoms with Crippen LogP contribution in [0.2, 0.25) is 0 Å². The molecule has 2 aromatic rings. The van der Waals surface area contributed by atoms with Gasteiger partial charge in [0.05, 0.1) is 4.88 Å². The molecule has 16 heavy (non-hydrogen) atoms. The summed E-state index contributed by atoms with van der Waals surface area (Å²) in [6.45, 7) is 0. The molecule has 0 aliphatic heterocycles. The van der Waals surface area contributed by atoms with E-state index in [9.17, 15) is 0 Å². The number of nitrogens with one attached hydrogen (secondary N) is 1. The van der Waals surface area contributed by atoms with Crippen LogP contribution in [-0.4, -0.2) is 16.1 Å². The van der Waals surface area contributed by atoms with Crippen molar-refractivity contribution >= 4 is 22.9 Å². The molecular weight excluding hydrogens is 240 g/mol. The van der Waals surface area contributed by atoms with Crippen LogP contribution in [0.15, 0.2) is 17.5 Å². The predicted octanol–water partition coefficient (Wildman–Crippen LogP) is 3.80. The van der Waals surface area contributed by atoms with Crippen LogP contribution < -0.4 is 0 Å². The second kappa shape index (κ2) is 4.22. The van der Waals surface area contributed by atoms with Crippen molar-refractivity contribution in [2.24, 2.45) is 0 Å². The van der Waals surface area contributed by atoms with Crippen LogP contribution in [0.3, 0.4) is 0 Å². The second-order valence-electron chi connectivity index (χ2n) is 4.15. The van der Waals surface area contributed by atoms with Gasteiger partial charge in [0.25, 0.3) is 0 Å². The molecule has 1 fully saturated rings. The lowest BCUT2D eigenvalue weighted by Crippen LogP contribution is -1.92. The first kappa shape index (κ1) is 10.4. The quantitative estimate of drug-likeness (QED) is 0.824. The van der Waals surface area contributed by atoms with Crippen molar-refractivity contribution in [3.05, 3.63) is 28.8 Å². The molecule has 0 saturated heterocycles. The molecule has 0 unspecified atom stereocenters. The molecular formula is C12H13ClN2S. The van der Waals surface area contributed by atoms with Crippen LogP contribution in [0.5, 0.6) is 0 Å². The number of aromatic nitrogens is 2. The first-order chi connectivity index (χ1) is 7.90. The Labute approximate surface area is 104 Å². The van der Waals surface area contributed by atoms with Crippen molar-refractivity contribution in [1.29, 1.82) is 0 Å². The Kier molecular flexibility index (Phi) is 2.74. The number of thiophene rings is 1. The minimum absolute atomic E-state index is 0.664. The van der Waals surface area contributed by atoms with Gasteiger partial charge in [0.1, 0.15) is 5.69 Å². The fraction of sp³-hybridized carbons (Fsp3) is 0.417. The van der Waals surface area contributed by atoms with Gasteiger partial charge in [-0.25, -0.2) is 0 Å². The maximum atomic E-state index is 5.89. The molecule has 2 aromatic heterocycles. The van der Waals surface area contributed by atoms with E-state index in [0.29, 0.717) is 11.8 Å². The molecule has 1 saturated carbocycles. The maximum Gasteiger partial charge on any atom is 0.106 e. The van der Waals surface area contributed by atoms with E-state index in [2.05, 4.69) is 27.7 Å². The summed E-state index contributed by atoms with van der Waals surface area (Å²) < 4.78 is 0. The average Bonchev–Trinajstić information content (AvgIpc) is 2.84. The molecule has 0 spiro atoms. The summed E-state index contributed by atoms with van der Waals surface area (Å²) in [4.78, 5) is 1.24. The lowest BCUT2D eigenvalue weighted by molar-refractivity contribution is 0.947. The van der Waals surface area contributed by atoms with E-state index < -0.39 is 0 Å². The summed E-state index contributed by atoms with van der Waals surface area (Å²) in [6, 6.07) is 4.19. The van der Waals surface area contributed by atoms with Crippen LogP contribution in [0.4, 0.5) is 0 Å². The Bertz CT molecular complexity index is 471. The highest BCUT2D eigenvalue weighted by atomic mass is 35.5. The van der Waals surface area contributed by atoms with Crippen LogP contribution in [0, 0.1) is 0 Å². The van der Waals surface area contributed by atoms with Crippen molar-refractivity contribution < 1.29 is 0 Å². The topological polar surface area (TPSA) is 28.7 Å². The second-order valence-corrected chi connectivity index (χ2v) is 5.48. The Morgan fingerprint density at radius 2 is 2.38 bits per heavy atom. The number of hydrogen-bond donors (Lipinski definition) is 1. The van der Waals surface area contributed by atoms with E-state index in [1.807, 2.05) is 0 Å². The molecule has 1 aliphatic rings. The number of alkyl halides is 1. The summed E-state index contributed by atoms with van der Waals surface area (Å²) in [7, 11) is 0. The average molecular weight is 253 g/mol. The normalized spacial score (nSPS) is 15.6. The number of halogens is 1. The number of nitrogens with zero attached hydrogens (tertiary/aromatic N) is 1. The fourth-order valence-electron chi connectivity index (χ4n) is 2.05. The fourth-order valence-corrected chi connectivity index (χ4v) is 2.98. The third kappa shape index (κ3) is 1.78. The van der Waals surface area contributed by atoms with Gasteiger partial charge < -0.3 is 0 Å². The van der Waals surface area contributed by atoms with Crippen molar-refractivity contribution in [3.63, 3.8) is 0 Å². The predicted molar refractivity (Wildman–Crippen MR) is 68.3 cm³/mol. The molecule has 0 radical (unpaired) electrons. The molecule has 0 atom stereocenters. The summed E-state index contributed by atoms with van der Waals surface area (Å²) >= 11 is 7.62. The van der Waals surface area contributed by atoms with E-state index in [1.165, 1.54) is 29.0 Å². The Hall–Kier alpha value is -0.800. The Balaban J connectivity index is 2.03. The highest BCUT2D eigenvalue weighted by Gasteiger charge is 2.29. The van der Waals surface area contributed by atoms with Gasteiger partial charge in [-0.2, -0.15) is 5.10 Å². The van der Waals surface area contributed by atoms with Gasteiger partial charge in [-0.15, -0.1) is 22.9 Å². The molecule has 2 nitrogen and oxygen atoms in total. The Morgan fingerprint density at radius 3 is 3.00 bits per heavy atom. The molecule has 0 amide bonds. The summed E-state index contributed by atoms with van der Waals surface area (Å²) in [5.41, 5.74) is 3.77. The lowest BCUT2D eigenvalue weighted by atomic mass is 10.1. The van der Waals surface area contributed by atoms with Crippen molar-refractivity contribution in [3.8, 4) is 10.6 Å². The van der Waals surface area contributed by atoms with Gasteiger partial charge in [-0.3, -0.25) is 5.10 Å². The largest absolute Gasteiger partial charge is 0.281 e. The van der Waals surface area contributed by atoms with E-state index >= 15 is 0 Å². The van der Waals surface area contributed by atoms with Crippen LogP contribution in [0.25, 0.3) is 10.6 Å². The number of aromatic amines is 1. The number of H-pyrrole nitrogens is 1. The van der Waals surface area contributed by atoms with Gasteiger partial charge in [-0.05, 0) is 30.7 Å². The monoisotopic (exact) mass is 252 g/mol. The minimum atomic E-state index is 0.664. The SMILES string of the molecule is ClCCc1c(-c2cccs2)n[nH]c1C1CC1. The molecule has 84 valence electrons. The summed E-state index contributed by atoms with van der Waals surface area (Å²) in [5.74, 6) is 1.37. The van der Waals surface area contributed by atoms with Gasteiger partial charge >= 0.3 is 0 Å². The highest BCUT2D eigenvalue weighted by Crippen LogP contribution is 2.43. The highest BCUT2D eigenvalue weighted by molar-refractivity contribution is 7.13. The first-order valence-electron chi connectivity index (χ1n) is 5.57. The molecule has 3 rings (SSSR count). The molecule has 0 bridgehead atoms. The minimum Gasteiger partial charge on any atom is -0.281 e. The summed E-state index contributed by atoms with van der Waals surface area (Å²) in [6.07, 6.45) is 3.50. The zero-order valence-corrected chi connectivity index (χ0v) is 10.4. The third-order valence-corrected chi connectivity index (χ3v) is 4.05. The number of hydrogen-bond acceptors (Lipinski definition) is 2. The molecule has 4 heteroatoms. The maximum absolute atomic E-state index is 5.89. The van der Waals surface area contributed by atoms with Crippen LogP contribution >= 0.6 is 22.9 Å². The zero-order chi connectivity index (χ0) is 11.0. The van der Waals surface area contributed by atoms with Crippen LogP contribution in [-0.2, 0) is 6.42 Å². The van der Waals surface area contributed by atoms with E-state index in [-0.39, 0.29) is 0 Å². The third-order valence-electron chi connectivity index (χ3n) is 2.98. The van der Waals surface area contributed by atoms with Crippen molar-refractivity contribution in [1.82, 2.24) is 10.2 Å². The molecule has 1 aliphatic carbocycles. The van der Waals surface area contributed by atoms with Gasteiger partial charge in [-0.1, -0.05) is 6.07 Å².